The Morgan fingerprint density at radius 3 is 1.06 bits per heavy atom. The maximum Gasteiger partial charge on any atom is 0.159 e. The molecule has 0 aliphatic carbocycles. The van der Waals surface area contributed by atoms with Crippen LogP contribution in [0.15, 0.2) is 276 Å². The van der Waals surface area contributed by atoms with Gasteiger partial charge in [0.2, 0.25) is 0 Å². The van der Waals surface area contributed by atoms with Crippen LogP contribution in [0.2, 0.25) is 0 Å². The van der Waals surface area contributed by atoms with E-state index in [0.717, 1.165) is 89.1 Å². The molecule has 6 nitrogen and oxygen atoms in total. The van der Waals surface area contributed by atoms with Gasteiger partial charge in [0.1, 0.15) is 11.2 Å². The molecule has 0 aliphatic heterocycles. The molecule has 0 radical (unpaired) electrons. The van der Waals surface area contributed by atoms with E-state index in [0.29, 0.717) is 0 Å². The lowest BCUT2D eigenvalue weighted by Gasteiger charge is -2.26. The number of hydrogen-bond acceptors (Lipinski definition) is 4. The summed E-state index contributed by atoms with van der Waals surface area (Å²) in [6, 6.07) is 97.3. The minimum atomic E-state index is 0.848. The van der Waals surface area contributed by atoms with Crippen molar-refractivity contribution in [3.05, 3.63) is 278 Å². The monoisotopic (exact) mass is 1100 g/mol. The van der Waals surface area contributed by atoms with Crippen molar-refractivity contribution < 1.29 is 8.83 Å². The average Bonchev–Trinajstić information content (AvgIpc) is 1.62. The molecule has 0 fully saturated rings. The molecular weight excluding hydrogens is 1050 g/mol. The predicted octanol–water partition coefficient (Wildman–Crippen LogP) is 22.7. The Hall–Kier alpha value is -11.3. The molecule has 0 N–H and O–H groups in total. The van der Waals surface area contributed by atoms with Gasteiger partial charge in [0, 0.05) is 87.1 Å². The number of rotatable bonds is 8. The highest BCUT2D eigenvalue weighted by Gasteiger charge is 2.30. The average molecular weight is 1100 g/mol. The lowest BCUT2D eigenvalue weighted by molar-refractivity contribution is 0.670. The van der Waals surface area contributed by atoms with Gasteiger partial charge in [-0.25, -0.2) is 0 Å². The Bertz CT molecular complexity index is 5630. The highest BCUT2D eigenvalue weighted by molar-refractivity contribution is 6.33. The summed E-state index contributed by atoms with van der Waals surface area (Å²) >= 11 is 0. The van der Waals surface area contributed by atoms with Crippen LogP contribution in [0.3, 0.4) is 0 Å². The first-order chi connectivity index (χ1) is 42.6. The normalized spacial score (nSPS) is 12.3. The minimum Gasteiger partial charge on any atom is -0.453 e. The second kappa shape index (κ2) is 17.6. The number of furan rings is 2. The van der Waals surface area contributed by atoms with Gasteiger partial charge in [-0.05, 0) is 109 Å². The van der Waals surface area contributed by atoms with Crippen molar-refractivity contribution in [1.82, 2.24) is 8.80 Å². The van der Waals surface area contributed by atoms with Crippen molar-refractivity contribution in [2.24, 2.45) is 0 Å². The third-order valence-electron chi connectivity index (χ3n) is 18.6. The van der Waals surface area contributed by atoms with E-state index in [1.165, 1.54) is 98.4 Å². The van der Waals surface area contributed by atoms with Gasteiger partial charge in [0.15, 0.2) is 11.2 Å². The lowest BCUT2D eigenvalue weighted by atomic mass is 9.98. The number of aryl methyl sites for hydroxylation is 2. The first kappa shape index (κ1) is 47.2. The van der Waals surface area contributed by atoms with Crippen LogP contribution in [0.4, 0.5) is 34.1 Å². The summed E-state index contributed by atoms with van der Waals surface area (Å²) in [5, 5.41) is 14.0. The zero-order valence-corrected chi connectivity index (χ0v) is 47.0. The van der Waals surface area contributed by atoms with E-state index in [2.05, 4.69) is 299 Å². The van der Waals surface area contributed by atoms with Crippen LogP contribution < -0.4 is 9.80 Å². The first-order valence-electron chi connectivity index (χ1n) is 29.6. The number of aromatic nitrogens is 2. The number of hydrogen-bond donors (Lipinski definition) is 0. The molecule has 0 amide bonds. The molecule has 19 rings (SSSR count). The molecule has 402 valence electrons. The van der Waals surface area contributed by atoms with E-state index in [-0.39, 0.29) is 0 Å². The highest BCUT2D eigenvalue weighted by atomic mass is 16.3. The number of anilines is 6. The van der Waals surface area contributed by atoms with E-state index in [9.17, 15) is 0 Å². The molecule has 0 spiro atoms. The van der Waals surface area contributed by atoms with Crippen LogP contribution in [0.25, 0.3) is 142 Å². The van der Waals surface area contributed by atoms with Gasteiger partial charge in [-0.1, -0.05) is 194 Å². The highest BCUT2D eigenvalue weighted by Crippen LogP contribution is 2.54. The van der Waals surface area contributed by atoms with E-state index in [4.69, 9.17) is 8.83 Å². The second-order valence-electron chi connectivity index (χ2n) is 23.2. The topological polar surface area (TPSA) is 41.6 Å². The number of fused-ring (bicyclic) bond motifs is 18. The summed E-state index contributed by atoms with van der Waals surface area (Å²) in [5.41, 5.74) is 23.7. The largest absolute Gasteiger partial charge is 0.453 e. The molecule has 6 heteroatoms. The first-order valence-corrected chi connectivity index (χ1v) is 29.6. The van der Waals surface area contributed by atoms with Crippen LogP contribution in [0.5, 0.6) is 0 Å². The molecule has 13 aromatic carbocycles. The Labute approximate surface area is 493 Å². The molecule has 6 heterocycles. The maximum absolute atomic E-state index is 7.22. The molecule has 6 aromatic heterocycles. The number of para-hydroxylation sites is 8. The van der Waals surface area contributed by atoms with E-state index in [1.54, 1.807) is 0 Å². The summed E-state index contributed by atoms with van der Waals surface area (Å²) in [4.78, 5) is 4.84. The fourth-order valence-corrected chi connectivity index (χ4v) is 15.0. The predicted molar refractivity (Wildman–Crippen MR) is 360 cm³/mol. The molecule has 86 heavy (non-hydrogen) atoms. The van der Waals surface area contributed by atoms with Gasteiger partial charge in [-0.3, -0.25) is 0 Å². The molecule has 0 unspecified atom stereocenters. The van der Waals surface area contributed by atoms with Crippen LogP contribution in [0.1, 0.15) is 11.1 Å². The maximum atomic E-state index is 7.22. The van der Waals surface area contributed by atoms with Crippen molar-refractivity contribution in [2.45, 2.75) is 13.8 Å². The van der Waals surface area contributed by atoms with Crippen LogP contribution >= 0.6 is 0 Å². The van der Waals surface area contributed by atoms with Gasteiger partial charge in [0.05, 0.1) is 55.8 Å². The smallest absolute Gasteiger partial charge is 0.159 e. The zero-order valence-electron chi connectivity index (χ0n) is 47.0. The summed E-state index contributed by atoms with van der Waals surface area (Å²) in [6.07, 6.45) is 0. The fourth-order valence-electron chi connectivity index (χ4n) is 15.0. The van der Waals surface area contributed by atoms with Gasteiger partial charge in [-0.15, -0.1) is 0 Å². The van der Waals surface area contributed by atoms with Crippen LogP contribution in [-0.4, -0.2) is 8.80 Å². The van der Waals surface area contributed by atoms with E-state index in [1.807, 2.05) is 0 Å². The van der Waals surface area contributed by atoms with Crippen molar-refractivity contribution in [1.29, 1.82) is 0 Å². The molecule has 0 atom stereocenters. The van der Waals surface area contributed by atoms with Crippen molar-refractivity contribution in [3.8, 4) is 22.3 Å². The molecule has 0 saturated heterocycles. The van der Waals surface area contributed by atoms with Crippen molar-refractivity contribution >= 4 is 154 Å². The Morgan fingerprint density at radius 1 is 0.256 bits per heavy atom. The van der Waals surface area contributed by atoms with E-state index < -0.39 is 0 Å². The SMILES string of the molecule is Cc1ccccc1-c1cccc2c1oc1c(N(c3ccccc3)c3ccc4c5cc6c(cc5n5c7ccccc7c3c45)c3ccc(N(c4ccccc4)c4cccc5c4oc4c(-c7ccccc7C)cccc45)c4c5ccccc5n6c34)cccc12. The summed E-state index contributed by atoms with van der Waals surface area (Å²) in [6.45, 7) is 4.35. The van der Waals surface area contributed by atoms with Gasteiger partial charge in [0.25, 0.3) is 0 Å². The minimum absolute atomic E-state index is 0.848. The van der Waals surface area contributed by atoms with Gasteiger partial charge in [-0.2, -0.15) is 0 Å². The lowest BCUT2D eigenvalue weighted by Crippen LogP contribution is -2.10. The second-order valence-corrected chi connectivity index (χ2v) is 23.2. The Morgan fingerprint density at radius 2 is 0.616 bits per heavy atom. The van der Waals surface area contributed by atoms with Crippen LogP contribution in [0, 0.1) is 13.8 Å². The Kier molecular flexibility index (Phi) is 9.65. The summed E-state index contributed by atoms with van der Waals surface area (Å²) < 4.78 is 19.5. The van der Waals surface area contributed by atoms with Gasteiger partial charge >= 0.3 is 0 Å². The third-order valence-corrected chi connectivity index (χ3v) is 18.6. The number of benzene rings is 13. The molecule has 0 bridgehead atoms. The standard InChI is InChI=1S/C80H50N4O2/c1-47-21-9-11-27-51(47)55-31-17-33-57-59-35-19-39-69(79(59)85-77(55)57)81(49-23-5-3-6-24-49)67-43-41-53-63-45-72-64(46-71(63)83-65-37-15-13-29-61(65)73(67)75(53)83)54-42-44-68(74-62-30-14-16-38-66(62)84(72)76(54)74)82(50-25-7-4-8-26-50)70-40-20-36-60-58-34-18-32-56(78(58)86-80(60)70)52-28-12-10-22-48(52)2/h3-46H,1-2H3. The van der Waals surface area contributed by atoms with Gasteiger partial charge < -0.3 is 27.4 Å². The quantitative estimate of drug-likeness (QED) is 0.152. The fraction of sp³-hybridized carbons (Fsp3) is 0.0250. The third kappa shape index (κ3) is 6.34. The Balaban J connectivity index is 0.849. The van der Waals surface area contributed by atoms with E-state index >= 15 is 0 Å². The molecule has 0 aliphatic rings. The van der Waals surface area contributed by atoms with Crippen molar-refractivity contribution in [2.75, 3.05) is 9.80 Å². The zero-order chi connectivity index (χ0) is 56.5. The molecule has 19 aromatic rings. The number of nitrogens with zero attached hydrogens (tertiary/aromatic N) is 4. The summed E-state index contributed by atoms with van der Waals surface area (Å²) in [7, 11) is 0. The molecular formula is C80H50N4O2. The van der Waals surface area contributed by atoms with Crippen LogP contribution in [-0.2, 0) is 0 Å². The van der Waals surface area contributed by atoms with Crippen molar-refractivity contribution in [3.63, 3.8) is 0 Å². The molecule has 0 saturated carbocycles. The summed E-state index contributed by atoms with van der Waals surface area (Å²) in [5.74, 6) is 0.